The Morgan fingerprint density at radius 2 is 0.299 bits per heavy atom. The number of fused-ring (bicyclic) bond motifs is 6. The summed E-state index contributed by atoms with van der Waals surface area (Å²) in [5, 5.41) is 46.6. The van der Waals surface area contributed by atoms with Crippen molar-refractivity contribution in [3.8, 4) is 0 Å². The van der Waals surface area contributed by atoms with Crippen LogP contribution in [0.4, 0.5) is 0 Å². The van der Waals surface area contributed by atoms with Gasteiger partial charge in [0.25, 0.3) is 0 Å². The normalized spacial score (nSPS) is 10.0. The van der Waals surface area contributed by atoms with Gasteiger partial charge in [0.1, 0.15) is 9.81 Å². The first-order chi connectivity index (χ1) is 56.6. The molecule has 590 valence electrons. The summed E-state index contributed by atoms with van der Waals surface area (Å²) in [6.07, 6.45) is 7.21. The van der Waals surface area contributed by atoms with Crippen LogP contribution in [-0.2, 0) is 34.1 Å². The minimum absolute atomic E-state index is 0. The van der Waals surface area contributed by atoms with Crippen molar-refractivity contribution in [2.24, 2.45) is 0 Å². The maximum Gasteiger partial charge on any atom is 0.472 e. The van der Waals surface area contributed by atoms with Crippen molar-refractivity contribution in [3.63, 3.8) is 0 Å². The van der Waals surface area contributed by atoms with E-state index in [9.17, 15) is 0 Å². The van der Waals surface area contributed by atoms with Gasteiger partial charge in [-0.2, -0.15) is 0 Å². The number of rotatable bonds is 12. The molecule has 0 fully saturated rings. The zero-order valence-corrected chi connectivity index (χ0v) is 70.0. The summed E-state index contributed by atoms with van der Waals surface area (Å²) >= 11 is 9.53. The molecule has 4 aromatic heterocycles. The number of halogens is 2. The fourth-order valence-electron chi connectivity index (χ4n) is 12.1. The molecule has 0 bridgehead atoms. The van der Waals surface area contributed by atoms with E-state index in [4.69, 9.17) is 53.8 Å². The fraction of sp³-hybridized carbons (Fsp3) is 0.0103. The van der Waals surface area contributed by atoms with E-state index >= 15 is 0 Å². The first-order valence-corrected chi connectivity index (χ1v) is 42.8. The van der Waals surface area contributed by atoms with Crippen LogP contribution in [-0.4, -0.2) is 56.3 Å². The number of alkyl halides is 2. The van der Waals surface area contributed by atoms with Gasteiger partial charge in [-0.05, 0) is 120 Å². The number of hydrogen-bond donors (Lipinski definition) is 4. The Labute approximate surface area is 718 Å². The van der Waals surface area contributed by atoms with Crippen LogP contribution in [0.2, 0.25) is 0 Å². The molecule has 18 aromatic rings. The van der Waals surface area contributed by atoms with Gasteiger partial charge in [-0.1, -0.05) is 413 Å². The van der Waals surface area contributed by atoms with E-state index in [0.717, 1.165) is 43.6 Å². The average Bonchev–Trinajstić information content (AvgIpc) is 0.805. The van der Waals surface area contributed by atoms with E-state index in [1.165, 1.54) is 63.7 Å². The molecule has 4 N–H and O–H groups in total. The van der Waals surface area contributed by atoms with Crippen LogP contribution in [0.15, 0.2) is 462 Å². The van der Waals surface area contributed by atoms with E-state index in [0.29, 0.717) is 0 Å². The zero-order chi connectivity index (χ0) is 80.3. The van der Waals surface area contributed by atoms with Crippen LogP contribution < -0.4 is 63.7 Å². The van der Waals surface area contributed by atoms with Crippen LogP contribution in [0.1, 0.15) is 0 Å². The van der Waals surface area contributed by atoms with Gasteiger partial charge >= 0.3 is 10.2 Å². The van der Waals surface area contributed by atoms with Crippen LogP contribution in [0.25, 0.3) is 43.6 Å². The number of aromatic nitrogens is 4. The van der Waals surface area contributed by atoms with Gasteiger partial charge in [0.05, 0.1) is 27.4 Å². The second kappa shape index (κ2) is 51.4. The van der Waals surface area contributed by atoms with Gasteiger partial charge in [-0.15, -0.1) is 23.2 Å². The first kappa shape index (κ1) is 91.0. The van der Waals surface area contributed by atoms with E-state index in [1.54, 1.807) is 24.8 Å². The molecular formula is C97H82Cl2Cu2N6O6P4+2. The molecule has 0 spiro atoms. The summed E-state index contributed by atoms with van der Waals surface area (Å²) < 4.78 is 0. The molecule has 0 aliphatic heterocycles. The predicted molar refractivity (Wildman–Crippen MR) is 486 cm³/mol. The Balaban J connectivity index is 0.000000171. The van der Waals surface area contributed by atoms with Gasteiger partial charge in [0.2, 0.25) is 0 Å². The van der Waals surface area contributed by atoms with Gasteiger partial charge < -0.3 is 0 Å². The van der Waals surface area contributed by atoms with Crippen LogP contribution in [0.3, 0.4) is 0 Å². The van der Waals surface area contributed by atoms with Gasteiger partial charge in [-0.3, -0.25) is 19.9 Å². The summed E-state index contributed by atoms with van der Waals surface area (Å²) in [4.78, 5) is 34.3. The van der Waals surface area contributed by atoms with E-state index in [-0.39, 0.29) is 39.5 Å². The number of nitrogens with zero attached hydrogens (tertiary/aromatic N) is 6. The molecule has 0 saturated carbocycles. The smallest absolute Gasteiger partial charge is 0.254 e. The first-order valence-electron chi connectivity index (χ1n) is 36.4. The molecule has 117 heavy (non-hydrogen) atoms. The molecule has 0 aliphatic rings. The second-order valence-corrected chi connectivity index (χ2v) is 34.1. The number of benzene rings is 14. The van der Waals surface area contributed by atoms with Crippen LogP contribution in [0.5, 0.6) is 0 Å². The summed E-state index contributed by atoms with van der Waals surface area (Å²) in [6, 6.07) is 154. The quantitative estimate of drug-likeness (QED) is 0.0303. The van der Waals surface area contributed by atoms with Crippen molar-refractivity contribution in [1.82, 2.24) is 19.9 Å². The van der Waals surface area contributed by atoms with Gasteiger partial charge in [0, 0.05) is 80.5 Å². The molecule has 2 radical (unpaired) electrons. The Hall–Kier alpha value is -11.5. The van der Waals surface area contributed by atoms with Crippen molar-refractivity contribution in [3.05, 3.63) is 471 Å². The standard InChI is InChI=1S/4C18H15P.2C12H8N2.CH2Cl2.2Cu.2H2NO3/c4*1-4-10-16(11-5-1)19(17-12-6-2-7-13-17)18-14-8-3-9-15-18;2*1-3-9-5-6-10-4-2-8-14-12(10)11(9)13-7-1;2-1-3;;;2*2-1(3)4/h4*1-15H;2*1-8H;1H2;;;2*(H2,2,3,4)/q;;;;;;;;;2*+1. The molecule has 18 rings (SSSR count). The monoisotopic (exact) mass is 1750 g/mol. The number of hydrogen-bond acceptors (Lipinski definition) is 6. The topological polar surface area (TPSA) is 173 Å². The molecule has 20 heteroatoms. The van der Waals surface area contributed by atoms with Gasteiger partial charge in [-0.25, -0.2) is 20.8 Å². The molecular weight excluding hydrogens is 1670 g/mol. The minimum Gasteiger partial charge on any atom is -0.254 e. The van der Waals surface area contributed by atoms with Crippen molar-refractivity contribution >= 4 is 162 Å². The molecule has 0 aliphatic carbocycles. The van der Waals surface area contributed by atoms with Crippen molar-refractivity contribution in [1.29, 1.82) is 0 Å². The third-order valence-electron chi connectivity index (χ3n) is 16.9. The van der Waals surface area contributed by atoms with Crippen molar-refractivity contribution in [2.75, 3.05) is 5.34 Å². The Morgan fingerprint density at radius 3 is 0.402 bits per heavy atom. The second-order valence-electron chi connectivity index (χ2n) is 24.4. The van der Waals surface area contributed by atoms with Crippen LogP contribution >= 0.6 is 54.9 Å². The molecule has 0 amide bonds. The average molecular weight is 1750 g/mol. The Kier molecular flexibility index (Phi) is 40.0. The molecule has 0 saturated heterocycles. The molecule has 14 aromatic carbocycles. The van der Waals surface area contributed by atoms with E-state index < -0.39 is 41.9 Å². The zero-order valence-electron chi connectivity index (χ0n) is 63.0. The summed E-state index contributed by atoms with van der Waals surface area (Å²) in [7, 11) is -1.78. The van der Waals surface area contributed by atoms with E-state index in [1.807, 2.05) is 24.3 Å². The molecule has 12 nitrogen and oxygen atoms in total. The van der Waals surface area contributed by atoms with E-state index in [2.05, 4.69) is 432 Å². The molecule has 0 atom stereocenters. The number of pyridine rings is 4. The van der Waals surface area contributed by atoms with Crippen molar-refractivity contribution in [2.45, 2.75) is 0 Å². The summed E-state index contributed by atoms with van der Waals surface area (Å²) in [5.41, 5.74) is 3.91. The maximum atomic E-state index is 8.47. The summed E-state index contributed by atoms with van der Waals surface area (Å²) in [6.45, 7) is 0. The SMILES string of the molecule is ClCCl.O=[N+](O)O.O=[N+](O)O.[Cu].[Cu].c1ccc(P(c2ccccc2)c2ccccc2)cc1.c1ccc(P(c2ccccc2)c2ccccc2)cc1.c1ccc(P(c2ccccc2)c2ccccc2)cc1.c1ccc(P(c2ccccc2)c2ccccc2)cc1.c1cnc2c(c1)ccc1cccnc12.c1cnc2c(c1)ccc1cccnc12. The Morgan fingerprint density at radius 1 is 0.197 bits per heavy atom. The Bertz CT molecular complexity index is 4710. The largest absolute Gasteiger partial charge is 0.472 e. The van der Waals surface area contributed by atoms with Crippen molar-refractivity contribution < 1.29 is 65.1 Å². The summed E-state index contributed by atoms with van der Waals surface area (Å²) in [5.74, 6) is 0. The predicted octanol–water partition coefficient (Wildman–Crippen LogP) is 19.8. The maximum absolute atomic E-state index is 8.47. The molecule has 0 unspecified atom stereocenters. The third-order valence-corrected chi connectivity index (χ3v) is 26.6. The minimum atomic E-state index is -1.25. The fourth-order valence-corrected chi connectivity index (χ4v) is 21.3. The van der Waals surface area contributed by atoms with Gasteiger partial charge in [0.15, 0.2) is 0 Å². The van der Waals surface area contributed by atoms with Crippen LogP contribution in [0, 0.1) is 9.81 Å². The molecule has 4 heterocycles. The third kappa shape index (κ3) is 29.0.